The Morgan fingerprint density at radius 3 is 2.56 bits per heavy atom. The van der Waals surface area contributed by atoms with E-state index in [2.05, 4.69) is 13.8 Å². The molecule has 0 saturated carbocycles. The molecule has 0 bridgehead atoms. The molecule has 0 aromatic carbocycles. The summed E-state index contributed by atoms with van der Waals surface area (Å²) in [5, 5.41) is 8.62. The predicted molar refractivity (Wildman–Crippen MR) is 35.2 cm³/mol. The van der Waals surface area contributed by atoms with Crippen molar-refractivity contribution in [1.82, 2.24) is 0 Å². The Balaban J connectivity index is 2.30. The summed E-state index contributed by atoms with van der Waals surface area (Å²) in [6.07, 6.45) is 1.25. The maximum absolute atomic E-state index is 8.62. The Kier molecular flexibility index (Phi) is 1.78. The van der Waals surface area contributed by atoms with Gasteiger partial charge < -0.3 is 9.84 Å². The topological polar surface area (TPSA) is 32.8 Å². The molecule has 1 saturated heterocycles. The van der Waals surface area contributed by atoms with Crippen molar-refractivity contribution in [2.75, 3.05) is 13.2 Å². The van der Waals surface area contributed by atoms with Gasteiger partial charge in [-0.15, -0.1) is 0 Å². The largest absolute Gasteiger partial charge is 0.396 e. The summed E-state index contributed by atoms with van der Waals surface area (Å²) < 4.78 is 5.11. The zero-order valence-electron chi connectivity index (χ0n) is 6.05. The minimum atomic E-state index is 0.189. The molecule has 9 heavy (non-hydrogen) atoms. The van der Waals surface area contributed by atoms with Crippen LogP contribution in [-0.4, -0.2) is 24.4 Å². The Labute approximate surface area is 55.8 Å². The maximum atomic E-state index is 8.62. The Bertz CT molecular complexity index is 95.1. The molecule has 2 nitrogen and oxygen atoms in total. The number of aliphatic hydroxyl groups excluding tert-OH is 1. The van der Waals surface area contributed by atoms with E-state index < -0.39 is 0 Å². The number of hydrogen-bond acceptors (Lipinski definition) is 2. The van der Waals surface area contributed by atoms with Gasteiger partial charge in [-0.3, -0.25) is 0 Å². The summed E-state index contributed by atoms with van der Waals surface area (Å²) in [6, 6.07) is 0. The van der Waals surface area contributed by atoms with Crippen LogP contribution in [0, 0.1) is 5.41 Å². The van der Waals surface area contributed by atoms with Gasteiger partial charge in [-0.25, -0.2) is 0 Å². The normalized spacial score (nSPS) is 26.3. The molecular weight excluding hydrogens is 116 g/mol. The standard InChI is InChI=1S/C7H14O2/c1-7(2,3-4-8)6-5-9-6/h6,8H,3-5H2,1-2H3. The van der Waals surface area contributed by atoms with Crippen molar-refractivity contribution in [3.63, 3.8) is 0 Å². The van der Waals surface area contributed by atoms with E-state index in [1.54, 1.807) is 0 Å². The molecule has 1 rings (SSSR count). The molecule has 0 spiro atoms. The van der Waals surface area contributed by atoms with E-state index in [0.717, 1.165) is 13.0 Å². The van der Waals surface area contributed by atoms with Crippen LogP contribution in [0.25, 0.3) is 0 Å². The average molecular weight is 130 g/mol. The smallest absolute Gasteiger partial charge is 0.0861 e. The molecule has 1 aliphatic heterocycles. The number of epoxide rings is 1. The molecule has 2 heteroatoms. The van der Waals surface area contributed by atoms with Crippen molar-refractivity contribution in [1.29, 1.82) is 0 Å². The molecule has 0 amide bonds. The van der Waals surface area contributed by atoms with Gasteiger partial charge in [0.15, 0.2) is 0 Å². The van der Waals surface area contributed by atoms with E-state index >= 15 is 0 Å². The molecule has 0 aliphatic carbocycles. The predicted octanol–water partition coefficient (Wildman–Crippen LogP) is 0.794. The van der Waals surface area contributed by atoms with Crippen molar-refractivity contribution in [2.24, 2.45) is 5.41 Å². The number of aliphatic hydroxyl groups is 1. The Morgan fingerprint density at radius 2 is 2.22 bits per heavy atom. The van der Waals surface area contributed by atoms with Crippen molar-refractivity contribution < 1.29 is 9.84 Å². The molecule has 0 aromatic heterocycles. The van der Waals surface area contributed by atoms with Gasteiger partial charge in [0, 0.05) is 6.61 Å². The number of hydrogen-bond donors (Lipinski definition) is 1. The monoisotopic (exact) mass is 130 g/mol. The molecule has 0 radical (unpaired) electrons. The molecular formula is C7H14O2. The first-order valence-electron chi connectivity index (χ1n) is 3.39. The van der Waals surface area contributed by atoms with Gasteiger partial charge in [-0.2, -0.15) is 0 Å². The lowest BCUT2D eigenvalue weighted by atomic mass is 9.86. The fourth-order valence-electron chi connectivity index (χ4n) is 0.948. The third-order valence-electron chi connectivity index (χ3n) is 1.96. The molecule has 1 atom stereocenters. The Hall–Kier alpha value is -0.0800. The summed E-state index contributed by atoms with van der Waals surface area (Å²) in [5.74, 6) is 0. The van der Waals surface area contributed by atoms with Gasteiger partial charge in [0.05, 0.1) is 12.7 Å². The van der Waals surface area contributed by atoms with Gasteiger partial charge in [0.2, 0.25) is 0 Å². The van der Waals surface area contributed by atoms with E-state index in [4.69, 9.17) is 9.84 Å². The first kappa shape index (κ1) is 7.03. The van der Waals surface area contributed by atoms with Crippen LogP contribution in [0.15, 0.2) is 0 Å². The molecule has 1 unspecified atom stereocenters. The highest BCUT2D eigenvalue weighted by molar-refractivity contribution is 4.86. The molecule has 54 valence electrons. The van der Waals surface area contributed by atoms with Crippen LogP contribution < -0.4 is 0 Å². The lowest BCUT2D eigenvalue weighted by Crippen LogP contribution is -2.20. The summed E-state index contributed by atoms with van der Waals surface area (Å²) in [5.41, 5.74) is 0.189. The van der Waals surface area contributed by atoms with Gasteiger partial charge in [0.1, 0.15) is 0 Å². The van der Waals surface area contributed by atoms with Crippen LogP contribution in [0.2, 0.25) is 0 Å². The highest BCUT2D eigenvalue weighted by Crippen LogP contribution is 2.34. The second-order valence-corrected chi connectivity index (χ2v) is 3.28. The highest BCUT2D eigenvalue weighted by atomic mass is 16.6. The Morgan fingerprint density at radius 1 is 1.67 bits per heavy atom. The zero-order chi connectivity index (χ0) is 6.91. The third-order valence-corrected chi connectivity index (χ3v) is 1.96. The van der Waals surface area contributed by atoms with Crippen molar-refractivity contribution in [2.45, 2.75) is 26.4 Å². The minimum absolute atomic E-state index is 0.189. The molecule has 1 N–H and O–H groups in total. The SMILES string of the molecule is CC(C)(CCO)C1CO1. The molecule has 1 fully saturated rings. The molecule has 1 heterocycles. The summed E-state index contributed by atoms with van der Waals surface area (Å²) in [7, 11) is 0. The quantitative estimate of drug-likeness (QED) is 0.573. The van der Waals surface area contributed by atoms with E-state index in [1.165, 1.54) is 0 Å². The van der Waals surface area contributed by atoms with Crippen LogP contribution in [0.1, 0.15) is 20.3 Å². The number of ether oxygens (including phenoxy) is 1. The van der Waals surface area contributed by atoms with Crippen molar-refractivity contribution in [3.8, 4) is 0 Å². The van der Waals surface area contributed by atoms with Gasteiger partial charge in [-0.05, 0) is 11.8 Å². The lowest BCUT2D eigenvalue weighted by molar-refractivity contribution is 0.171. The molecule has 0 aromatic rings. The minimum Gasteiger partial charge on any atom is -0.396 e. The van der Waals surface area contributed by atoms with Gasteiger partial charge in [-0.1, -0.05) is 13.8 Å². The second kappa shape index (κ2) is 2.27. The van der Waals surface area contributed by atoms with Crippen LogP contribution in [0.3, 0.4) is 0 Å². The highest BCUT2D eigenvalue weighted by Gasteiger charge is 2.38. The van der Waals surface area contributed by atoms with Crippen LogP contribution in [0.4, 0.5) is 0 Å². The van der Waals surface area contributed by atoms with E-state index in [9.17, 15) is 0 Å². The third kappa shape index (κ3) is 1.66. The second-order valence-electron chi connectivity index (χ2n) is 3.28. The fraction of sp³-hybridized carbons (Fsp3) is 1.00. The first-order chi connectivity index (χ1) is 4.17. The first-order valence-corrected chi connectivity index (χ1v) is 3.39. The van der Waals surface area contributed by atoms with E-state index in [-0.39, 0.29) is 12.0 Å². The van der Waals surface area contributed by atoms with Crippen LogP contribution in [-0.2, 0) is 4.74 Å². The number of rotatable bonds is 3. The van der Waals surface area contributed by atoms with Crippen molar-refractivity contribution in [3.05, 3.63) is 0 Å². The van der Waals surface area contributed by atoms with Crippen LogP contribution in [0.5, 0.6) is 0 Å². The van der Waals surface area contributed by atoms with E-state index in [1.807, 2.05) is 0 Å². The summed E-state index contributed by atoms with van der Waals surface area (Å²) in [4.78, 5) is 0. The maximum Gasteiger partial charge on any atom is 0.0861 e. The zero-order valence-corrected chi connectivity index (χ0v) is 6.05. The summed E-state index contributed by atoms with van der Waals surface area (Å²) in [6.45, 7) is 5.40. The lowest BCUT2D eigenvalue weighted by Gasteiger charge is -2.19. The van der Waals surface area contributed by atoms with Crippen LogP contribution >= 0.6 is 0 Å². The summed E-state index contributed by atoms with van der Waals surface area (Å²) >= 11 is 0. The van der Waals surface area contributed by atoms with Gasteiger partial charge >= 0.3 is 0 Å². The fourth-order valence-corrected chi connectivity index (χ4v) is 0.948. The van der Waals surface area contributed by atoms with E-state index in [0.29, 0.717) is 6.10 Å². The molecule has 1 aliphatic rings. The van der Waals surface area contributed by atoms with Crippen molar-refractivity contribution >= 4 is 0 Å². The van der Waals surface area contributed by atoms with Gasteiger partial charge in [0.25, 0.3) is 0 Å². The average Bonchev–Trinajstić information content (AvgIpc) is 2.41.